The smallest absolute Gasteiger partial charge is 0.332 e. The van der Waals surface area contributed by atoms with Gasteiger partial charge in [0.2, 0.25) is 0 Å². The molecule has 0 aromatic carbocycles. The second kappa shape index (κ2) is 6.43. The van der Waals surface area contributed by atoms with Crippen molar-refractivity contribution in [3.8, 4) is 0 Å². The zero-order valence-corrected chi connectivity index (χ0v) is 14.5. The molecule has 0 saturated heterocycles. The normalized spacial score (nSPS) is 10.9. The van der Waals surface area contributed by atoms with E-state index in [0.717, 1.165) is 16.2 Å². The number of fused-ring (bicyclic) bond motifs is 1. The van der Waals surface area contributed by atoms with Crippen LogP contribution in [-0.4, -0.2) is 24.6 Å². The van der Waals surface area contributed by atoms with Crippen LogP contribution in [0, 0.1) is 0 Å². The molecule has 26 heavy (non-hydrogen) atoms. The fourth-order valence-corrected chi connectivity index (χ4v) is 2.82. The maximum absolute atomic E-state index is 12.6. The molecule has 1 N–H and O–H groups in total. The van der Waals surface area contributed by atoms with Crippen LogP contribution < -0.4 is 22.1 Å². The van der Waals surface area contributed by atoms with Crippen molar-refractivity contribution < 1.29 is 4.79 Å². The van der Waals surface area contributed by atoms with Gasteiger partial charge < -0.3 is 5.32 Å². The first-order valence-electron chi connectivity index (χ1n) is 7.79. The fraction of sp³-hybridized carbons (Fsp3) is 0.235. The number of carbonyl (C=O) groups is 1. The minimum absolute atomic E-state index is 0.0142. The van der Waals surface area contributed by atoms with Gasteiger partial charge in [0.25, 0.3) is 17.0 Å². The summed E-state index contributed by atoms with van der Waals surface area (Å²) in [5.41, 5.74) is -0.905. The largest absolute Gasteiger partial charge is 0.348 e. The average molecular weight is 355 g/mol. The van der Waals surface area contributed by atoms with Gasteiger partial charge in [-0.05, 0) is 11.6 Å². The monoisotopic (exact) mass is 355 g/mol. The number of amides is 1. The summed E-state index contributed by atoms with van der Waals surface area (Å²) in [4.78, 5) is 53.6. The number of nitrogens with one attached hydrogen (secondary N) is 1. The Labute approximate surface area is 147 Å². The molecule has 0 spiro atoms. The van der Waals surface area contributed by atoms with Gasteiger partial charge >= 0.3 is 5.69 Å². The first-order chi connectivity index (χ1) is 12.3. The van der Waals surface area contributed by atoms with Gasteiger partial charge in [-0.25, -0.2) is 4.79 Å². The molecule has 134 valence electrons. The van der Waals surface area contributed by atoms with Crippen molar-refractivity contribution in [3.05, 3.63) is 72.9 Å². The number of carbonyl (C=O) groups excluding carboxylic acids is 1. The summed E-state index contributed by atoms with van der Waals surface area (Å²) in [6.45, 7) is 0.190. The quantitative estimate of drug-likeness (QED) is 0.666. The molecule has 3 heterocycles. The van der Waals surface area contributed by atoms with E-state index in [1.165, 1.54) is 30.3 Å². The van der Waals surface area contributed by atoms with Crippen LogP contribution in [0.3, 0.4) is 0 Å². The lowest BCUT2D eigenvalue weighted by molar-refractivity contribution is 0.0952. The summed E-state index contributed by atoms with van der Waals surface area (Å²) in [6, 6.07) is 4.63. The van der Waals surface area contributed by atoms with Crippen LogP contribution >= 0.6 is 0 Å². The Hall–Kier alpha value is -3.49. The van der Waals surface area contributed by atoms with Crippen LogP contribution in [0.5, 0.6) is 0 Å². The number of pyridine rings is 2. The summed E-state index contributed by atoms with van der Waals surface area (Å²) in [7, 11) is 4.22. The molecule has 0 aliphatic carbocycles. The molecule has 0 saturated carbocycles. The van der Waals surface area contributed by atoms with E-state index in [9.17, 15) is 19.2 Å². The van der Waals surface area contributed by atoms with Crippen molar-refractivity contribution in [3.63, 3.8) is 0 Å². The molecule has 0 unspecified atom stereocenters. The molecule has 0 fully saturated rings. The molecule has 3 aromatic rings. The number of aryl methyl sites for hydroxylation is 2. The Morgan fingerprint density at radius 3 is 2.50 bits per heavy atom. The minimum atomic E-state index is -0.634. The van der Waals surface area contributed by atoms with Crippen molar-refractivity contribution in [2.75, 3.05) is 0 Å². The van der Waals surface area contributed by atoms with E-state index in [2.05, 4.69) is 10.3 Å². The summed E-state index contributed by atoms with van der Waals surface area (Å²) < 4.78 is 3.26. The molecule has 0 bridgehead atoms. The van der Waals surface area contributed by atoms with Gasteiger partial charge in [-0.1, -0.05) is 6.07 Å². The third kappa shape index (κ3) is 2.73. The lowest BCUT2D eigenvalue weighted by Crippen LogP contribution is -2.41. The van der Waals surface area contributed by atoms with Gasteiger partial charge in [-0.3, -0.25) is 33.1 Å². The van der Waals surface area contributed by atoms with E-state index in [1.54, 1.807) is 24.5 Å². The van der Waals surface area contributed by atoms with Gasteiger partial charge in [0.05, 0.1) is 10.9 Å². The summed E-state index contributed by atoms with van der Waals surface area (Å²) in [6.07, 6.45) is 3.22. The molecule has 3 aromatic heterocycles. The molecule has 3 rings (SSSR count). The van der Waals surface area contributed by atoms with E-state index in [0.29, 0.717) is 0 Å². The number of nitrogens with zero attached hydrogens (tertiary/aromatic N) is 4. The summed E-state index contributed by atoms with van der Waals surface area (Å²) in [5, 5.41) is 2.69. The van der Waals surface area contributed by atoms with Gasteiger partial charge in [0, 0.05) is 46.1 Å². The molecule has 0 radical (unpaired) electrons. The Morgan fingerprint density at radius 2 is 1.85 bits per heavy atom. The minimum Gasteiger partial charge on any atom is -0.348 e. The Kier molecular flexibility index (Phi) is 4.29. The Bertz CT molecular complexity index is 1190. The zero-order valence-electron chi connectivity index (χ0n) is 14.5. The van der Waals surface area contributed by atoms with E-state index in [1.807, 2.05) is 0 Å². The van der Waals surface area contributed by atoms with E-state index in [4.69, 9.17) is 0 Å². The molecule has 9 heteroatoms. The van der Waals surface area contributed by atoms with Crippen LogP contribution in [0.15, 0.2) is 45.0 Å². The van der Waals surface area contributed by atoms with Crippen LogP contribution in [0.1, 0.15) is 15.9 Å². The van der Waals surface area contributed by atoms with Crippen LogP contribution in [-0.2, 0) is 27.7 Å². The summed E-state index contributed by atoms with van der Waals surface area (Å²) >= 11 is 0. The lowest BCUT2D eigenvalue weighted by atomic mass is 10.1. The fourth-order valence-electron chi connectivity index (χ4n) is 2.82. The molecule has 0 aliphatic heterocycles. The molecular formula is C17H17N5O4. The maximum atomic E-state index is 12.6. The third-order valence-electron chi connectivity index (χ3n) is 4.24. The van der Waals surface area contributed by atoms with Crippen LogP contribution in [0.2, 0.25) is 0 Å². The second-order valence-corrected chi connectivity index (χ2v) is 5.90. The van der Waals surface area contributed by atoms with Crippen molar-refractivity contribution in [2.24, 2.45) is 21.1 Å². The van der Waals surface area contributed by atoms with E-state index in [-0.39, 0.29) is 23.1 Å². The third-order valence-corrected chi connectivity index (χ3v) is 4.24. The Balaban J connectivity index is 2.19. The molecule has 9 nitrogen and oxygen atoms in total. The highest BCUT2D eigenvalue weighted by Crippen LogP contribution is 2.11. The van der Waals surface area contributed by atoms with Crippen molar-refractivity contribution in [1.82, 2.24) is 24.0 Å². The standard InChI is InChI=1S/C17H17N5O4/c1-20-12(23)7-11(14(24)19-9-10-5-4-6-18-8-10)13-15(20)21(2)17(26)22(3)16(13)25/h4-8H,9H2,1-3H3,(H,19,24). The maximum Gasteiger partial charge on any atom is 0.332 e. The predicted molar refractivity (Wildman–Crippen MR) is 95.1 cm³/mol. The van der Waals surface area contributed by atoms with Gasteiger partial charge in [0.15, 0.2) is 0 Å². The molecular weight excluding hydrogens is 338 g/mol. The van der Waals surface area contributed by atoms with Gasteiger partial charge in [0.1, 0.15) is 5.65 Å². The van der Waals surface area contributed by atoms with Crippen LogP contribution in [0.25, 0.3) is 11.0 Å². The van der Waals surface area contributed by atoms with Crippen molar-refractivity contribution in [1.29, 1.82) is 0 Å². The molecule has 0 atom stereocenters. The lowest BCUT2D eigenvalue weighted by Gasteiger charge is -2.14. The van der Waals surface area contributed by atoms with E-state index >= 15 is 0 Å². The van der Waals surface area contributed by atoms with Crippen molar-refractivity contribution in [2.45, 2.75) is 6.54 Å². The highest BCUT2D eigenvalue weighted by atomic mass is 16.2. The zero-order chi connectivity index (χ0) is 19.0. The van der Waals surface area contributed by atoms with Crippen molar-refractivity contribution >= 4 is 16.9 Å². The van der Waals surface area contributed by atoms with Gasteiger partial charge in [-0.2, -0.15) is 0 Å². The number of hydrogen-bond donors (Lipinski definition) is 1. The average Bonchev–Trinajstić information content (AvgIpc) is 2.65. The number of hydrogen-bond acceptors (Lipinski definition) is 5. The summed E-state index contributed by atoms with van der Waals surface area (Å²) in [5.74, 6) is -0.577. The topological polar surface area (TPSA) is 108 Å². The van der Waals surface area contributed by atoms with E-state index < -0.39 is 22.7 Å². The first kappa shape index (κ1) is 17.3. The Morgan fingerprint density at radius 1 is 1.12 bits per heavy atom. The number of aromatic nitrogens is 4. The molecule has 0 aliphatic rings. The highest BCUT2D eigenvalue weighted by Gasteiger charge is 2.20. The molecule has 1 amide bonds. The van der Waals surface area contributed by atoms with Gasteiger partial charge in [-0.15, -0.1) is 0 Å². The highest BCUT2D eigenvalue weighted by molar-refractivity contribution is 6.05. The SMILES string of the molecule is Cn1c(=O)c2c(C(=O)NCc3cccnc3)cc(=O)n(C)c2n(C)c1=O. The predicted octanol–water partition coefficient (Wildman–Crippen LogP) is -0.739. The second-order valence-electron chi connectivity index (χ2n) is 5.90. The number of rotatable bonds is 3. The first-order valence-corrected chi connectivity index (χ1v) is 7.79. The van der Waals surface area contributed by atoms with Crippen LogP contribution in [0.4, 0.5) is 0 Å².